The summed E-state index contributed by atoms with van der Waals surface area (Å²) in [6, 6.07) is 18.4. The van der Waals surface area contributed by atoms with Crippen molar-refractivity contribution in [3.63, 3.8) is 0 Å². The van der Waals surface area contributed by atoms with E-state index in [9.17, 15) is 14.4 Å². The Hall–Kier alpha value is -4.59. The molecule has 2 aromatic carbocycles. The van der Waals surface area contributed by atoms with E-state index in [0.717, 1.165) is 21.6 Å². The monoisotopic (exact) mass is 511 g/mol. The molecule has 0 atom stereocenters. The quantitative estimate of drug-likeness (QED) is 0.269. The molecular weight excluding hydrogens is 482 g/mol. The van der Waals surface area contributed by atoms with Gasteiger partial charge in [-0.05, 0) is 47.4 Å². The lowest BCUT2D eigenvalue weighted by atomic mass is 9.87. The van der Waals surface area contributed by atoms with Gasteiger partial charge in [0.15, 0.2) is 0 Å². The minimum Gasteiger partial charge on any atom is -0.492 e. The molecule has 1 N–H and O–H groups in total. The van der Waals surface area contributed by atoms with Gasteiger partial charge in [0, 0.05) is 22.7 Å². The van der Waals surface area contributed by atoms with Gasteiger partial charge >= 0.3 is 6.03 Å². The van der Waals surface area contributed by atoms with Gasteiger partial charge in [-0.1, -0.05) is 51.1 Å². The molecule has 8 nitrogen and oxygen atoms in total. The number of hydrogen-bond donors (Lipinski definition) is 1. The molecule has 0 aliphatic carbocycles. The lowest BCUT2D eigenvalue weighted by Gasteiger charge is -2.25. The minimum absolute atomic E-state index is 0.0713. The Balaban J connectivity index is 1.36. The molecule has 1 fully saturated rings. The molecule has 4 aromatic rings. The Morgan fingerprint density at radius 1 is 0.974 bits per heavy atom. The van der Waals surface area contributed by atoms with Crippen LogP contribution in [0.2, 0.25) is 0 Å². The van der Waals surface area contributed by atoms with Gasteiger partial charge in [0.05, 0.1) is 19.4 Å². The number of imide groups is 2. The van der Waals surface area contributed by atoms with Crippen molar-refractivity contribution in [2.75, 3.05) is 6.61 Å². The first-order chi connectivity index (χ1) is 18.2. The number of hydrogen-bond acceptors (Lipinski definition) is 5. The zero-order valence-corrected chi connectivity index (χ0v) is 21.6. The van der Waals surface area contributed by atoms with Crippen LogP contribution in [0.1, 0.15) is 37.7 Å². The SMILES string of the molecule is CC(C)(C)c1ccc(OCCn2cc(/C=C3/C(=O)NC(=O)N(Cc4ccco4)C3=O)c3ccccc32)cc1. The second-order valence-corrected chi connectivity index (χ2v) is 10.2. The zero-order valence-electron chi connectivity index (χ0n) is 21.6. The van der Waals surface area contributed by atoms with E-state index < -0.39 is 17.8 Å². The maximum Gasteiger partial charge on any atom is 0.331 e. The van der Waals surface area contributed by atoms with Gasteiger partial charge in [0.2, 0.25) is 0 Å². The van der Waals surface area contributed by atoms with Crippen LogP contribution in [0, 0.1) is 0 Å². The summed E-state index contributed by atoms with van der Waals surface area (Å²) >= 11 is 0. The summed E-state index contributed by atoms with van der Waals surface area (Å²) in [6.45, 7) is 7.45. The van der Waals surface area contributed by atoms with Crippen molar-refractivity contribution in [1.29, 1.82) is 0 Å². The van der Waals surface area contributed by atoms with Gasteiger partial charge in [-0.15, -0.1) is 0 Å². The highest BCUT2D eigenvalue weighted by Crippen LogP contribution is 2.27. The van der Waals surface area contributed by atoms with E-state index in [4.69, 9.17) is 9.15 Å². The van der Waals surface area contributed by atoms with Crippen molar-refractivity contribution in [3.05, 3.63) is 95.6 Å². The largest absolute Gasteiger partial charge is 0.492 e. The van der Waals surface area contributed by atoms with E-state index in [1.807, 2.05) is 47.2 Å². The van der Waals surface area contributed by atoms with Crippen molar-refractivity contribution in [2.45, 2.75) is 39.3 Å². The lowest BCUT2D eigenvalue weighted by Crippen LogP contribution is -2.53. The number of carbonyl (C=O) groups excluding carboxylic acids is 3. The number of fused-ring (bicyclic) bond motifs is 1. The second-order valence-electron chi connectivity index (χ2n) is 10.2. The van der Waals surface area contributed by atoms with Crippen LogP contribution in [0.15, 0.2) is 83.1 Å². The topological polar surface area (TPSA) is 93.8 Å². The Morgan fingerprint density at radius 3 is 2.45 bits per heavy atom. The van der Waals surface area contributed by atoms with Gasteiger partial charge in [0.1, 0.15) is 23.7 Å². The predicted octanol–water partition coefficient (Wildman–Crippen LogP) is 5.27. The molecule has 2 aromatic heterocycles. The maximum absolute atomic E-state index is 13.1. The molecule has 0 bridgehead atoms. The number of aromatic nitrogens is 1. The van der Waals surface area contributed by atoms with Crippen molar-refractivity contribution in [2.24, 2.45) is 0 Å². The van der Waals surface area contributed by atoms with Crippen LogP contribution in [-0.2, 0) is 28.1 Å². The first-order valence-electron chi connectivity index (χ1n) is 12.4. The summed E-state index contributed by atoms with van der Waals surface area (Å²) in [5.74, 6) is -0.168. The molecule has 0 radical (unpaired) electrons. The number of carbonyl (C=O) groups is 3. The normalized spacial score (nSPS) is 15.4. The second kappa shape index (κ2) is 10.0. The van der Waals surface area contributed by atoms with Crippen LogP contribution in [0.5, 0.6) is 5.75 Å². The molecule has 3 heterocycles. The number of nitrogens with zero attached hydrogens (tertiary/aromatic N) is 2. The molecule has 0 saturated carbocycles. The van der Waals surface area contributed by atoms with E-state index in [-0.39, 0.29) is 17.5 Å². The summed E-state index contributed by atoms with van der Waals surface area (Å²) < 4.78 is 13.3. The van der Waals surface area contributed by atoms with Crippen LogP contribution in [-0.4, -0.2) is 33.9 Å². The lowest BCUT2D eigenvalue weighted by molar-refractivity contribution is -0.130. The summed E-state index contributed by atoms with van der Waals surface area (Å²) in [5.41, 5.74) is 2.84. The molecule has 0 unspecified atom stereocenters. The third-order valence-corrected chi connectivity index (χ3v) is 6.52. The molecule has 1 aliphatic rings. The molecule has 0 spiro atoms. The smallest absolute Gasteiger partial charge is 0.331 e. The Kier molecular flexibility index (Phi) is 6.63. The highest BCUT2D eigenvalue weighted by molar-refractivity contribution is 6.31. The summed E-state index contributed by atoms with van der Waals surface area (Å²) in [5, 5.41) is 3.13. The fourth-order valence-electron chi connectivity index (χ4n) is 4.44. The van der Waals surface area contributed by atoms with Crippen LogP contribution in [0.3, 0.4) is 0 Å². The molecule has 5 rings (SSSR count). The van der Waals surface area contributed by atoms with Gasteiger partial charge in [-0.3, -0.25) is 19.8 Å². The third-order valence-electron chi connectivity index (χ3n) is 6.52. The van der Waals surface area contributed by atoms with Gasteiger partial charge < -0.3 is 13.7 Å². The van der Waals surface area contributed by atoms with Gasteiger partial charge in [0.25, 0.3) is 11.8 Å². The average molecular weight is 512 g/mol. The molecular formula is C30H29N3O5. The standard InChI is InChI=1S/C30H29N3O5/c1-30(2,3)21-10-12-22(13-11-21)38-16-14-32-18-20(24-8-4-5-9-26(24)32)17-25-27(34)31-29(36)33(28(25)35)19-23-7-6-15-37-23/h4-13,15,17-18H,14,16,19H2,1-3H3,(H,31,34,36)/b25-17-. The highest BCUT2D eigenvalue weighted by Gasteiger charge is 2.36. The maximum atomic E-state index is 13.1. The number of benzene rings is 2. The molecule has 4 amide bonds. The molecule has 1 saturated heterocycles. The summed E-state index contributed by atoms with van der Waals surface area (Å²) in [6.07, 6.45) is 4.88. The Bertz CT molecular complexity index is 1520. The molecule has 8 heteroatoms. The van der Waals surface area contributed by atoms with Crippen molar-refractivity contribution < 1.29 is 23.5 Å². The van der Waals surface area contributed by atoms with Gasteiger partial charge in [-0.2, -0.15) is 0 Å². The Morgan fingerprint density at radius 2 is 1.74 bits per heavy atom. The third kappa shape index (κ3) is 5.11. The average Bonchev–Trinajstić information content (AvgIpc) is 3.52. The van der Waals surface area contributed by atoms with E-state index in [0.29, 0.717) is 24.5 Å². The number of furan rings is 1. The van der Waals surface area contributed by atoms with Crippen molar-refractivity contribution in [1.82, 2.24) is 14.8 Å². The van der Waals surface area contributed by atoms with Crippen molar-refractivity contribution in [3.8, 4) is 5.75 Å². The van der Waals surface area contributed by atoms with Crippen LogP contribution >= 0.6 is 0 Å². The van der Waals surface area contributed by atoms with Crippen LogP contribution in [0.4, 0.5) is 4.79 Å². The molecule has 1 aliphatic heterocycles. The summed E-state index contributed by atoms with van der Waals surface area (Å²) in [4.78, 5) is 39.1. The highest BCUT2D eigenvalue weighted by atomic mass is 16.5. The van der Waals surface area contributed by atoms with E-state index in [1.165, 1.54) is 17.9 Å². The number of nitrogens with one attached hydrogen (secondary N) is 1. The summed E-state index contributed by atoms with van der Waals surface area (Å²) in [7, 11) is 0. The number of amides is 4. The van der Waals surface area contributed by atoms with Crippen molar-refractivity contribution >= 4 is 34.8 Å². The number of rotatable bonds is 7. The van der Waals surface area contributed by atoms with E-state index >= 15 is 0 Å². The first-order valence-corrected chi connectivity index (χ1v) is 12.4. The van der Waals surface area contributed by atoms with Gasteiger partial charge in [-0.25, -0.2) is 4.79 Å². The Labute approximate surface area is 220 Å². The zero-order chi connectivity index (χ0) is 26.9. The molecule has 38 heavy (non-hydrogen) atoms. The fourth-order valence-corrected chi connectivity index (χ4v) is 4.44. The number of urea groups is 1. The fraction of sp³-hybridized carbons (Fsp3) is 0.233. The van der Waals surface area contributed by atoms with E-state index in [1.54, 1.807) is 12.1 Å². The number of para-hydroxylation sites is 1. The first kappa shape index (κ1) is 25.1. The van der Waals surface area contributed by atoms with Crippen LogP contribution < -0.4 is 10.1 Å². The molecule has 194 valence electrons. The number of ether oxygens (including phenoxy) is 1. The minimum atomic E-state index is -0.774. The number of barbiturate groups is 1. The van der Waals surface area contributed by atoms with Crippen LogP contribution in [0.25, 0.3) is 17.0 Å². The van der Waals surface area contributed by atoms with E-state index in [2.05, 4.69) is 38.2 Å². The predicted molar refractivity (Wildman–Crippen MR) is 143 cm³/mol.